The van der Waals surface area contributed by atoms with Gasteiger partial charge in [0.1, 0.15) is 4.90 Å². The summed E-state index contributed by atoms with van der Waals surface area (Å²) in [5.41, 5.74) is 4.74. The minimum atomic E-state index is -4.55. The Morgan fingerprint density at radius 2 is 1.27 bits per heavy atom. The normalized spacial score (nSPS) is 12.9. The predicted molar refractivity (Wildman–Crippen MR) is 159 cm³/mol. The molecule has 0 unspecified atom stereocenters. The molecule has 206 valence electrons. The third kappa shape index (κ3) is 6.09. The first-order chi connectivity index (χ1) is 19.9. The number of hydrogen-bond acceptors (Lipinski definition) is 3. The molecule has 4 aromatic carbocycles. The minimum absolute atomic E-state index is 0.243. The minimum Gasteiger partial charge on any atom is -0.313 e. The van der Waals surface area contributed by atoms with Crippen molar-refractivity contribution in [2.75, 3.05) is 18.5 Å². The van der Waals surface area contributed by atoms with Crippen LogP contribution < -0.4 is 4.90 Å². The van der Waals surface area contributed by atoms with Crippen LogP contribution in [0.1, 0.15) is 11.1 Å². The standard InChI is InChI=1S/C33H26F2N2O3S/c34-23-36(27-9-3-1-4-10-27)29-19-15-25(16-20-29)33(31-13-7-8-14-32(31)41(38,39)40)26-17-21-30(22-18-26)37(24-35)28-11-5-2-6-12-28/h1-22H,23-24H2/p+1. The second kappa shape index (κ2) is 12.2. The largest absolute Gasteiger partial charge is 0.313 e. The molecule has 1 aliphatic rings. The van der Waals surface area contributed by atoms with Crippen molar-refractivity contribution in [2.24, 2.45) is 0 Å². The molecule has 0 amide bonds. The van der Waals surface area contributed by atoms with Crippen LogP contribution in [-0.2, 0) is 10.1 Å². The van der Waals surface area contributed by atoms with Crippen molar-refractivity contribution in [1.29, 1.82) is 0 Å². The number of anilines is 2. The highest BCUT2D eigenvalue weighted by Gasteiger charge is 2.22. The zero-order chi connectivity index (χ0) is 28.8. The van der Waals surface area contributed by atoms with Crippen molar-refractivity contribution >= 4 is 38.5 Å². The molecule has 0 radical (unpaired) electrons. The van der Waals surface area contributed by atoms with Crippen LogP contribution in [0.3, 0.4) is 0 Å². The molecule has 41 heavy (non-hydrogen) atoms. The molecule has 0 saturated heterocycles. The quantitative estimate of drug-likeness (QED) is 0.135. The van der Waals surface area contributed by atoms with Crippen LogP contribution in [0.4, 0.5) is 25.8 Å². The summed E-state index contributed by atoms with van der Waals surface area (Å²) in [6.45, 7) is -1.47. The number of alkyl halides is 2. The monoisotopic (exact) mass is 569 g/mol. The number of hydrogen-bond donors (Lipinski definition) is 1. The van der Waals surface area contributed by atoms with Gasteiger partial charge in [0, 0.05) is 41.2 Å². The molecule has 0 bridgehead atoms. The van der Waals surface area contributed by atoms with E-state index in [-0.39, 0.29) is 4.90 Å². The smallest absolute Gasteiger partial charge is 0.295 e. The molecule has 1 aliphatic carbocycles. The van der Waals surface area contributed by atoms with Gasteiger partial charge in [0.2, 0.25) is 11.4 Å². The van der Waals surface area contributed by atoms with Crippen molar-refractivity contribution in [3.05, 3.63) is 150 Å². The SMILES string of the molecule is O=S(=O)(O)c1ccccc1C(=C1C=CC(=[N+](CF)c2ccccc2)C=C1)c1ccc(N(CF)c2ccccc2)cc1. The van der Waals surface area contributed by atoms with Crippen molar-refractivity contribution in [3.8, 4) is 0 Å². The molecule has 5 rings (SSSR count). The van der Waals surface area contributed by atoms with Crippen molar-refractivity contribution in [2.45, 2.75) is 4.90 Å². The Bertz CT molecular complexity index is 1750. The Morgan fingerprint density at radius 3 is 1.85 bits per heavy atom. The van der Waals surface area contributed by atoms with Gasteiger partial charge in [-0.15, -0.1) is 0 Å². The number of allylic oxidation sites excluding steroid dienone is 5. The van der Waals surface area contributed by atoms with E-state index in [0.717, 1.165) is 0 Å². The molecule has 0 saturated carbocycles. The van der Waals surface area contributed by atoms with Crippen molar-refractivity contribution < 1.29 is 26.3 Å². The maximum atomic E-state index is 14.1. The maximum Gasteiger partial charge on any atom is 0.295 e. The van der Waals surface area contributed by atoms with E-state index >= 15 is 0 Å². The highest BCUT2D eigenvalue weighted by atomic mass is 32.2. The van der Waals surface area contributed by atoms with E-state index in [1.165, 1.54) is 21.6 Å². The molecule has 4 aromatic rings. The number of para-hydroxylation sites is 2. The first-order valence-electron chi connectivity index (χ1n) is 12.8. The molecular weight excluding hydrogens is 542 g/mol. The summed E-state index contributed by atoms with van der Waals surface area (Å²) in [4.78, 5) is 1.27. The Labute approximate surface area is 238 Å². The third-order valence-electron chi connectivity index (χ3n) is 6.74. The predicted octanol–water partition coefficient (Wildman–Crippen LogP) is 7.64. The second-order valence-corrected chi connectivity index (χ2v) is 10.6. The van der Waals surface area contributed by atoms with Gasteiger partial charge >= 0.3 is 0 Å². The lowest BCUT2D eigenvalue weighted by molar-refractivity contribution is -0.467. The molecule has 1 N–H and O–H groups in total. The van der Waals surface area contributed by atoms with E-state index in [2.05, 4.69) is 0 Å². The van der Waals surface area contributed by atoms with E-state index in [4.69, 9.17) is 0 Å². The van der Waals surface area contributed by atoms with E-state index in [1.54, 1.807) is 60.7 Å². The Hall–Kier alpha value is -4.66. The number of rotatable bonds is 8. The highest BCUT2D eigenvalue weighted by molar-refractivity contribution is 7.86. The van der Waals surface area contributed by atoms with E-state index in [1.807, 2.05) is 60.7 Å². The summed E-state index contributed by atoms with van der Waals surface area (Å²) >= 11 is 0. The Balaban J connectivity index is 1.64. The fourth-order valence-electron chi connectivity index (χ4n) is 4.78. The van der Waals surface area contributed by atoms with E-state index in [0.29, 0.717) is 45.0 Å². The highest BCUT2D eigenvalue weighted by Crippen LogP contribution is 2.35. The van der Waals surface area contributed by atoms with Gasteiger partial charge in [0.05, 0.1) is 0 Å². The zero-order valence-electron chi connectivity index (χ0n) is 21.9. The number of nitrogens with zero attached hydrogens (tertiary/aromatic N) is 2. The summed E-state index contributed by atoms with van der Waals surface area (Å²) in [7, 11) is -4.55. The first kappa shape index (κ1) is 27.9. The van der Waals surface area contributed by atoms with Gasteiger partial charge in [-0.2, -0.15) is 17.4 Å². The molecule has 0 spiro atoms. The van der Waals surface area contributed by atoms with Crippen molar-refractivity contribution in [1.82, 2.24) is 0 Å². The van der Waals surface area contributed by atoms with Crippen LogP contribution in [0.25, 0.3) is 5.57 Å². The van der Waals surface area contributed by atoms with Gasteiger partial charge in [-0.05, 0) is 59.2 Å². The summed E-state index contributed by atoms with van der Waals surface area (Å²) in [5, 5.41) is 0. The van der Waals surface area contributed by atoms with Gasteiger partial charge in [-0.3, -0.25) is 4.55 Å². The lowest BCUT2D eigenvalue weighted by Gasteiger charge is -2.22. The molecule has 5 nitrogen and oxygen atoms in total. The number of benzene rings is 4. The van der Waals surface area contributed by atoms with Crippen LogP contribution in [-0.4, -0.2) is 36.9 Å². The van der Waals surface area contributed by atoms with Gasteiger partial charge in [-0.25, -0.2) is 4.39 Å². The lowest BCUT2D eigenvalue weighted by atomic mass is 9.90. The summed E-state index contributed by atoms with van der Waals surface area (Å²) < 4.78 is 64.3. The average molecular weight is 570 g/mol. The van der Waals surface area contributed by atoms with Gasteiger partial charge in [0.15, 0.2) is 6.80 Å². The molecule has 0 aromatic heterocycles. The molecule has 0 fully saturated rings. The van der Waals surface area contributed by atoms with Crippen LogP contribution in [0.2, 0.25) is 0 Å². The summed E-state index contributed by atoms with van der Waals surface area (Å²) in [6.07, 6.45) is 7.07. The van der Waals surface area contributed by atoms with Gasteiger partial charge in [0.25, 0.3) is 16.9 Å². The second-order valence-electron chi connectivity index (χ2n) is 9.21. The lowest BCUT2D eigenvalue weighted by Crippen LogP contribution is -2.15. The van der Waals surface area contributed by atoms with Crippen LogP contribution >= 0.6 is 0 Å². The van der Waals surface area contributed by atoms with Crippen molar-refractivity contribution in [3.63, 3.8) is 0 Å². The van der Waals surface area contributed by atoms with Crippen LogP contribution in [0.5, 0.6) is 0 Å². The zero-order valence-corrected chi connectivity index (χ0v) is 22.8. The molecular formula is C33H27F2N2O3S+. The maximum absolute atomic E-state index is 14.1. The molecule has 0 atom stereocenters. The number of halogens is 2. The summed E-state index contributed by atoms with van der Waals surface area (Å²) in [6, 6.07) is 31.5. The van der Waals surface area contributed by atoms with Gasteiger partial charge < -0.3 is 4.90 Å². The first-order valence-corrected chi connectivity index (χ1v) is 14.3. The van der Waals surface area contributed by atoms with E-state index in [9.17, 15) is 21.8 Å². The molecule has 0 heterocycles. The Morgan fingerprint density at radius 1 is 0.707 bits per heavy atom. The molecule has 8 heteroatoms. The topological polar surface area (TPSA) is 60.6 Å². The Kier molecular flexibility index (Phi) is 8.33. The third-order valence-corrected chi connectivity index (χ3v) is 7.66. The fourth-order valence-corrected chi connectivity index (χ4v) is 5.48. The average Bonchev–Trinajstić information content (AvgIpc) is 3.00. The van der Waals surface area contributed by atoms with Gasteiger partial charge in [-0.1, -0.05) is 66.7 Å². The van der Waals surface area contributed by atoms with E-state index < -0.39 is 23.7 Å². The fraction of sp³-hybridized carbons (Fsp3) is 0.0606. The summed E-state index contributed by atoms with van der Waals surface area (Å²) in [5.74, 6) is 0. The van der Waals surface area contributed by atoms with Crippen LogP contribution in [0.15, 0.2) is 144 Å². The molecule has 0 aliphatic heterocycles. The van der Waals surface area contributed by atoms with Crippen LogP contribution in [0, 0.1) is 0 Å².